The largest absolute Gasteiger partial charge is 0.493 e. The Kier molecular flexibility index (Phi) is 4.49. The van der Waals surface area contributed by atoms with Crippen LogP contribution in [0.15, 0.2) is 18.2 Å². The molecule has 1 aliphatic rings. The van der Waals surface area contributed by atoms with E-state index in [1.807, 2.05) is 0 Å². The fourth-order valence-electron chi connectivity index (χ4n) is 2.53. The molecule has 0 amide bonds. The molecule has 0 aliphatic carbocycles. The van der Waals surface area contributed by atoms with Gasteiger partial charge in [0.15, 0.2) is 0 Å². The Bertz CT molecular complexity index is 371. The number of benzene rings is 1. The van der Waals surface area contributed by atoms with Gasteiger partial charge in [0.1, 0.15) is 5.75 Å². The van der Waals surface area contributed by atoms with E-state index in [9.17, 15) is 0 Å². The lowest BCUT2D eigenvalue weighted by atomic mass is 9.92. The van der Waals surface area contributed by atoms with Crippen molar-refractivity contribution in [1.29, 1.82) is 0 Å². The lowest BCUT2D eigenvalue weighted by Crippen LogP contribution is -2.10. The number of rotatable bonds is 4. The smallest absolute Gasteiger partial charge is 0.122 e. The third-order valence-corrected chi connectivity index (χ3v) is 4.99. The molecule has 94 valence electrons. The summed E-state index contributed by atoms with van der Waals surface area (Å²) in [6.45, 7) is 5.41. The lowest BCUT2D eigenvalue weighted by molar-refractivity contribution is 0.288. The molecule has 0 saturated carbocycles. The standard InChI is InChI=1S/C15H21BrO/c1-3-11(4-2)15(16)13-7-8-14-12(10-13)6-5-9-17-14/h7-8,10-11,15H,3-6,9H2,1-2H3. The second-order valence-corrected chi connectivity index (χ2v) is 5.78. The summed E-state index contributed by atoms with van der Waals surface area (Å²) in [5.41, 5.74) is 2.78. The molecule has 1 unspecified atom stereocenters. The SMILES string of the molecule is CCC(CC)C(Br)c1ccc2c(c1)CCCO2. The van der Waals surface area contributed by atoms with Crippen molar-refractivity contribution >= 4 is 15.9 Å². The van der Waals surface area contributed by atoms with Crippen molar-refractivity contribution in [3.8, 4) is 5.75 Å². The molecule has 2 heteroatoms. The summed E-state index contributed by atoms with van der Waals surface area (Å²) in [6, 6.07) is 6.68. The van der Waals surface area contributed by atoms with Crippen LogP contribution in [0.1, 0.15) is 49.1 Å². The van der Waals surface area contributed by atoms with Gasteiger partial charge in [0.2, 0.25) is 0 Å². The Balaban J connectivity index is 2.21. The summed E-state index contributed by atoms with van der Waals surface area (Å²) in [5, 5.41) is 0. The van der Waals surface area contributed by atoms with Crippen LogP contribution in [-0.2, 0) is 6.42 Å². The molecule has 0 fully saturated rings. The summed E-state index contributed by atoms with van der Waals surface area (Å²) in [5.74, 6) is 1.81. The number of alkyl halides is 1. The molecule has 0 N–H and O–H groups in total. The molecule has 1 heterocycles. The van der Waals surface area contributed by atoms with E-state index in [0.717, 1.165) is 31.1 Å². The molecule has 2 rings (SSSR count). The Hall–Kier alpha value is -0.500. The maximum Gasteiger partial charge on any atom is 0.122 e. The monoisotopic (exact) mass is 296 g/mol. The highest BCUT2D eigenvalue weighted by molar-refractivity contribution is 9.09. The van der Waals surface area contributed by atoms with Crippen LogP contribution in [-0.4, -0.2) is 6.61 Å². The van der Waals surface area contributed by atoms with E-state index in [-0.39, 0.29) is 0 Å². The second-order valence-electron chi connectivity index (χ2n) is 4.80. The molecule has 0 aromatic heterocycles. The minimum absolute atomic E-state index is 0.477. The maximum absolute atomic E-state index is 5.66. The Labute approximate surface area is 113 Å². The lowest BCUT2D eigenvalue weighted by Gasteiger charge is -2.23. The first-order chi connectivity index (χ1) is 8.26. The molecule has 1 aliphatic heterocycles. The van der Waals surface area contributed by atoms with E-state index in [1.165, 1.54) is 24.0 Å². The zero-order valence-electron chi connectivity index (χ0n) is 10.7. The average molecular weight is 297 g/mol. The van der Waals surface area contributed by atoms with Crippen molar-refractivity contribution in [1.82, 2.24) is 0 Å². The molecule has 1 nitrogen and oxygen atoms in total. The summed E-state index contributed by atoms with van der Waals surface area (Å²) >= 11 is 3.86. The van der Waals surface area contributed by atoms with Gasteiger partial charge in [0.25, 0.3) is 0 Å². The van der Waals surface area contributed by atoms with Crippen molar-refractivity contribution < 1.29 is 4.74 Å². The molecule has 0 radical (unpaired) electrons. The maximum atomic E-state index is 5.66. The average Bonchev–Trinajstić information content (AvgIpc) is 2.39. The first-order valence-electron chi connectivity index (χ1n) is 6.66. The molecular formula is C15H21BrO. The highest BCUT2D eigenvalue weighted by Crippen LogP contribution is 2.37. The van der Waals surface area contributed by atoms with Crippen LogP contribution in [0.25, 0.3) is 0 Å². The van der Waals surface area contributed by atoms with Crippen molar-refractivity contribution in [2.24, 2.45) is 5.92 Å². The Morgan fingerprint density at radius 2 is 2.06 bits per heavy atom. The van der Waals surface area contributed by atoms with Crippen LogP contribution in [0.5, 0.6) is 5.75 Å². The highest BCUT2D eigenvalue weighted by atomic mass is 79.9. The van der Waals surface area contributed by atoms with Gasteiger partial charge in [-0.2, -0.15) is 0 Å². The number of fused-ring (bicyclic) bond motifs is 1. The summed E-state index contributed by atoms with van der Waals surface area (Å²) in [7, 11) is 0. The predicted molar refractivity (Wildman–Crippen MR) is 76.0 cm³/mol. The van der Waals surface area contributed by atoms with Gasteiger partial charge in [-0.25, -0.2) is 0 Å². The van der Waals surface area contributed by atoms with Crippen LogP contribution < -0.4 is 4.74 Å². The van der Waals surface area contributed by atoms with E-state index in [0.29, 0.717) is 4.83 Å². The third kappa shape index (κ3) is 2.85. The number of ether oxygens (including phenoxy) is 1. The number of hydrogen-bond acceptors (Lipinski definition) is 1. The van der Waals surface area contributed by atoms with Crippen LogP contribution in [0.4, 0.5) is 0 Å². The first kappa shape index (κ1) is 12.9. The van der Waals surface area contributed by atoms with Crippen LogP contribution >= 0.6 is 15.9 Å². The van der Waals surface area contributed by atoms with E-state index in [4.69, 9.17) is 4.74 Å². The molecule has 1 aromatic rings. The predicted octanol–water partition coefficient (Wildman–Crippen LogP) is 4.88. The molecule has 1 aromatic carbocycles. The van der Waals surface area contributed by atoms with Gasteiger partial charge in [0.05, 0.1) is 6.61 Å². The van der Waals surface area contributed by atoms with Crippen LogP contribution in [0, 0.1) is 5.92 Å². The quantitative estimate of drug-likeness (QED) is 0.719. The summed E-state index contributed by atoms with van der Waals surface area (Å²) < 4.78 is 5.66. The van der Waals surface area contributed by atoms with Gasteiger partial charge in [-0.05, 0) is 36.0 Å². The number of hydrogen-bond donors (Lipinski definition) is 0. The van der Waals surface area contributed by atoms with Gasteiger partial charge >= 0.3 is 0 Å². The molecule has 0 spiro atoms. The van der Waals surface area contributed by atoms with E-state index < -0.39 is 0 Å². The fourth-order valence-corrected chi connectivity index (χ4v) is 3.56. The molecule has 0 saturated heterocycles. The van der Waals surface area contributed by atoms with Crippen LogP contribution in [0.2, 0.25) is 0 Å². The second kappa shape index (κ2) is 5.90. The topological polar surface area (TPSA) is 9.23 Å². The van der Waals surface area contributed by atoms with Crippen LogP contribution in [0.3, 0.4) is 0 Å². The van der Waals surface area contributed by atoms with Gasteiger partial charge in [0, 0.05) is 4.83 Å². The fraction of sp³-hybridized carbons (Fsp3) is 0.600. The minimum atomic E-state index is 0.477. The zero-order valence-corrected chi connectivity index (χ0v) is 12.3. The Morgan fingerprint density at radius 3 is 2.76 bits per heavy atom. The van der Waals surface area contributed by atoms with Crippen molar-refractivity contribution in [2.75, 3.05) is 6.61 Å². The minimum Gasteiger partial charge on any atom is -0.493 e. The number of aryl methyl sites for hydroxylation is 1. The zero-order chi connectivity index (χ0) is 12.3. The summed E-state index contributed by atoms with van der Waals surface area (Å²) in [6.07, 6.45) is 4.75. The molecule has 0 bridgehead atoms. The molecular weight excluding hydrogens is 276 g/mol. The van der Waals surface area contributed by atoms with Gasteiger partial charge in [-0.3, -0.25) is 0 Å². The van der Waals surface area contributed by atoms with E-state index in [2.05, 4.69) is 48.0 Å². The molecule has 1 atom stereocenters. The molecule has 17 heavy (non-hydrogen) atoms. The van der Waals surface area contributed by atoms with E-state index in [1.54, 1.807) is 0 Å². The van der Waals surface area contributed by atoms with Gasteiger partial charge in [-0.15, -0.1) is 0 Å². The van der Waals surface area contributed by atoms with Crippen molar-refractivity contribution in [2.45, 2.75) is 44.4 Å². The van der Waals surface area contributed by atoms with Crippen molar-refractivity contribution in [3.05, 3.63) is 29.3 Å². The normalized spacial score (nSPS) is 16.5. The van der Waals surface area contributed by atoms with Gasteiger partial charge < -0.3 is 4.74 Å². The highest BCUT2D eigenvalue weighted by Gasteiger charge is 2.19. The summed E-state index contributed by atoms with van der Waals surface area (Å²) in [4.78, 5) is 0.477. The Morgan fingerprint density at radius 1 is 1.29 bits per heavy atom. The van der Waals surface area contributed by atoms with Crippen molar-refractivity contribution in [3.63, 3.8) is 0 Å². The first-order valence-corrected chi connectivity index (χ1v) is 7.57. The number of halogens is 1. The van der Waals surface area contributed by atoms with Gasteiger partial charge in [-0.1, -0.05) is 54.8 Å². The third-order valence-electron chi connectivity index (χ3n) is 3.71. The van der Waals surface area contributed by atoms with E-state index >= 15 is 0 Å².